The van der Waals surface area contributed by atoms with Crippen molar-refractivity contribution in [2.75, 3.05) is 12.8 Å². The third kappa shape index (κ3) is 4.23. The fourth-order valence-corrected chi connectivity index (χ4v) is 3.16. The van der Waals surface area contributed by atoms with Crippen molar-refractivity contribution >= 4 is 19.9 Å². The van der Waals surface area contributed by atoms with Crippen LogP contribution in [0.5, 0.6) is 0 Å². The van der Waals surface area contributed by atoms with Crippen LogP contribution in [0.3, 0.4) is 0 Å². The van der Waals surface area contributed by atoms with Gasteiger partial charge in [0.05, 0.1) is 4.90 Å². The van der Waals surface area contributed by atoms with Crippen molar-refractivity contribution in [2.24, 2.45) is 5.73 Å². The lowest BCUT2D eigenvalue weighted by Crippen LogP contribution is -2.35. The molecule has 19 heavy (non-hydrogen) atoms. The predicted octanol–water partition coefficient (Wildman–Crippen LogP) is -0.145. The molecule has 1 aromatic rings. The second kappa shape index (κ2) is 5.53. The van der Waals surface area contributed by atoms with E-state index >= 15 is 0 Å². The molecular weight excluding hydrogens is 295 g/mol. The highest BCUT2D eigenvalue weighted by Crippen LogP contribution is 2.18. The Morgan fingerprint density at radius 2 is 1.89 bits per heavy atom. The van der Waals surface area contributed by atoms with E-state index in [1.807, 2.05) is 0 Å². The van der Waals surface area contributed by atoms with Crippen LogP contribution in [0.1, 0.15) is 6.92 Å². The summed E-state index contributed by atoms with van der Waals surface area (Å²) in [7, 11) is -7.64. The van der Waals surface area contributed by atoms with E-state index in [2.05, 4.69) is 4.72 Å². The Labute approximate surface area is 111 Å². The smallest absolute Gasteiger partial charge is 0.240 e. The van der Waals surface area contributed by atoms with E-state index in [0.717, 1.165) is 18.4 Å². The SMILES string of the molecule is CC(N)CNS(=O)(=O)c1ccc(S(C)(=O)=O)c(F)c1. The van der Waals surface area contributed by atoms with Gasteiger partial charge >= 0.3 is 0 Å². The van der Waals surface area contributed by atoms with Crippen LogP contribution >= 0.6 is 0 Å². The van der Waals surface area contributed by atoms with Gasteiger partial charge in [-0.15, -0.1) is 0 Å². The van der Waals surface area contributed by atoms with Crippen molar-refractivity contribution in [3.63, 3.8) is 0 Å². The van der Waals surface area contributed by atoms with Gasteiger partial charge < -0.3 is 5.73 Å². The van der Waals surface area contributed by atoms with Crippen LogP contribution in [0.25, 0.3) is 0 Å². The molecule has 0 aromatic heterocycles. The molecule has 0 aliphatic rings. The summed E-state index contributed by atoms with van der Waals surface area (Å²) < 4.78 is 61.7. The number of benzene rings is 1. The standard InChI is InChI=1S/C10H15FN2O4S2/c1-7(12)6-13-19(16,17)8-3-4-10(9(11)5-8)18(2,14)15/h3-5,7,13H,6,12H2,1-2H3. The van der Waals surface area contributed by atoms with E-state index in [-0.39, 0.29) is 11.4 Å². The highest BCUT2D eigenvalue weighted by molar-refractivity contribution is 7.90. The van der Waals surface area contributed by atoms with Crippen molar-refractivity contribution in [3.8, 4) is 0 Å². The van der Waals surface area contributed by atoms with Gasteiger partial charge in [-0.1, -0.05) is 0 Å². The molecule has 3 N–H and O–H groups in total. The zero-order valence-corrected chi connectivity index (χ0v) is 12.1. The maximum absolute atomic E-state index is 13.6. The summed E-state index contributed by atoms with van der Waals surface area (Å²) in [5.41, 5.74) is 5.41. The molecular formula is C10H15FN2O4S2. The summed E-state index contributed by atoms with van der Waals surface area (Å²) >= 11 is 0. The van der Waals surface area contributed by atoms with Crippen LogP contribution in [0.15, 0.2) is 28.0 Å². The number of sulfonamides is 1. The predicted molar refractivity (Wildman–Crippen MR) is 68.3 cm³/mol. The maximum atomic E-state index is 13.6. The lowest BCUT2D eigenvalue weighted by molar-refractivity contribution is 0.558. The van der Waals surface area contributed by atoms with Crippen LogP contribution < -0.4 is 10.5 Å². The molecule has 1 aromatic carbocycles. The summed E-state index contributed by atoms with van der Waals surface area (Å²) in [4.78, 5) is -0.892. The Bertz CT molecular complexity index is 669. The molecule has 1 atom stereocenters. The highest BCUT2D eigenvalue weighted by Gasteiger charge is 2.19. The van der Waals surface area contributed by atoms with Gasteiger partial charge in [0.15, 0.2) is 9.84 Å². The largest absolute Gasteiger partial charge is 0.327 e. The Morgan fingerprint density at radius 1 is 1.32 bits per heavy atom. The Kier molecular flexibility index (Phi) is 4.67. The Balaban J connectivity index is 3.15. The fourth-order valence-electron chi connectivity index (χ4n) is 1.27. The molecule has 0 heterocycles. The van der Waals surface area contributed by atoms with Gasteiger partial charge in [0.2, 0.25) is 10.0 Å². The molecule has 0 spiro atoms. The zero-order valence-electron chi connectivity index (χ0n) is 10.4. The number of halogens is 1. The van der Waals surface area contributed by atoms with Crippen LogP contribution in [-0.2, 0) is 19.9 Å². The fraction of sp³-hybridized carbons (Fsp3) is 0.400. The summed E-state index contributed by atoms with van der Waals surface area (Å²) in [5, 5.41) is 0. The first-order valence-corrected chi connectivity index (χ1v) is 8.66. The zero-order chi connectivity index (χ0) is 14.8. The normalized spacial score (nSPS) is 14.3. The number of nitrogens with two attached hydrogens (primary N) is 1. The van der Waals surface area contributed by atoms with Gasteiger partial charge in [-0.3, -0.25) is 0 Å². The summed E-state index contributed by atoms with van der Waals surface area (Å²) in [6.45, 7) is 1.60. The lowest BCUT2D eigenvalue weighted by Gasteiger charge is -2.09. The minimum Gasteiger partial charge on any atom is -0.327 e. The van der Waals surface area contributed by atoms with Crippen molar-refractivity contribution in [1.29, 1.82) is 0 Å². The monoisotopic (exact) mass is 310 g/mol. The first-order valence-electron chi connectivity index (χ1n) is 5.29. The number of nitrogens with one attached hydrogen (secondary N) is 1. The molecule has 6 nitrogen and oxygen atoms in total. The molecule has 0 amide bonds. The molecule has 0 aliphatic carbocycles. The molecule has 9 heteroatoms. The summed E-state index contributed by atoms with van der Waals surface area (Å²) in [6.07, 6.45) is 0.841. The molecule has 0 saturated heterocycles. The molecule has 0 saturated carbocycles. The number of sulfone groups is 1. The molecule has 0 bridgehead atoms. The van der Waals surface area contributed by atoms with Gasteiger partial charge in [-0.25, -0.2) is 25.9 Å². The van der Waals surface area contributed by atoms with E-state index in [0.29, 0.717) is 6.07 Å². The first kappa shape index (κ1) is 16.0. The number of hydrogen-bond acceptors (Lipinski definition) is 5. The van der Waals surface area contributed by atoms with Gasteiger partial charge in [0.25, 0.3) is 0 Å². The highest BCUT2D eigenvalue weighted by atomic mass is 32.2. The molecule has 0 aliphatic heterocycles. The summed E-state index contributed by atoms with van der Waals surface area (Å²) in [6, 6.07) is 2.23. The number of hydrogen-bond donors (Lipinski definition) is 2. The molecule has 108 valence electrons. The van der Waals surface area contributed by atoms with Crippen molar-refractivity contribution in [1.82, 2.24) is 4.72 Å². The maximum Gasteiger partial charge on any atom is 0.240 e. The molecule has 1 unspecified atom stereocenters. The molecule has 0 radical (unpaired) electrons. The average Bonchev–Trinajstić information content (AvgIpc) is 2.24. The van der Waals surface area contributed by atoms with E-state index in [1.165, 1.54) is 0 Å². The van der Waals surface area contributed by atoms with Crippen LogP contribution in [-0.4, -0.2) is 35.7 Å². The minimum absolute atomic E-state index is 0.00220. The van der Waals surface area contributed by atoms with E-state index < -0.39 is 36.6 Å². The van der Waals surface area contributed by atoms with Gasteiger partial charge in [0, 0.05) is 18.8 Å². The van der Waals surface area contributed by atoms with E-state index in [9.17, 15) is 21.2 Å². The van der Waals surface area contributed by atoms with E-state index in [1.54, 1.807) is 6.92 Å². The van der Waals surface area contributed by atoms with Crippen LogP contribution in [0, 0.1) is 5.82 Å². The summed E-state index contributed by atoms with van der Waals surface area (Å²) in [5.74, 6) is -1.11. The van der Waals surface area contributed by atoms with Gasteiger partial charge in [0.1, 0.15) is 10.7 Å². The van der Waals surface area contributed by atoms with Crippen LogP contribution in [0.4, 0.5) is 4.39 Å². The first-order chi connectivity index (χ1) is 8.54. The average molecular weight is 310 g/mol. The number of rotatable bonds is 5. The third-order valence-corrected chi connectivity index (χ3v) is 4.76. The quantitative estimate of drug-likeness (QED) is 0.787. The topological polar surface area (TPSA) is 106 Å². The van der Waals surface area contributed by atoms with Crippen molar-refractivity contribution in [3.05, 3.63) is 24.0 Å². The molecule has 0 fully saturated rings. The minimum atomic E-state index is -3.90. The van der Waals surface area contributed by atoms with Crippen molar-refractivity contribution < 1.29 is 21.2 Å². The Morgan fingerprint density at radius 3 is 2.32 bits per heavy atom. The van der Waals surface area contributed by atoms with Gasteiger partial charge in [-0.05, 0) is 25.1 Å². The van der Waals surface area contributed by atoms with Crippen LogP contribution in [0.2, 0.25) is 0 Å². The van der Waals surface area contributed by atoms with E-state index in [4.69, 9.17) is 5.73 Å². The Hall–Kier alpha value is -1.03. The second-order valence-electron chi connectivity index (χ2n) is 4.19. The molecule has 1 rings (SSSR count). The lowest BCUT2D eigenvalue weighted by atomic mass is 10.3. The van der Waals surface area contributed by atoms with Crippen molar-refractivity contribution in [2.45, 2.75) is 22.8 Å². The third-order valence-electron chi connectivity index (χ3n) is 2.21. The second-order valence-corrected chi connectivity index (χ2v) is 7.94. The van der Waals surface area contributed by atoms with Gasteiger partial charge in [-0.2, -0.15) is 0 Å².